The fourth-order valence-electron chi connectivity index (χ4n) is 6.44. The van der Waals surface area contributed by atoms with Crippen molar-refractivity contribution >= 4 is 29.6 Å². The summed E-state index contributed by atoms with van der Waals surface area (Å²) in [6.07, 6.45) is 1.50. The highest BCUT2D eigenvalue weighted by molar-refractivity contribution is 5.96. The van der Waals surface area contributed by atoms with Crippen LogP contribution in [0.4, 0.5) is 0 Å². The molecule has 0 aliphatic carbocycles. The first-order valence-corrected chi connectivity index (χ1v) is 17.5. The van der Waals surface area contributed by atoms with Crippen LogP contribution in [0.1, 0.15) is 35.1 Å². The van der Waals surface area contributed by atoms with Crippen LogP contribution >= 0.6 is 0 Å². The van der Waals surface area contributed by atoms with Gasteiger partial charge >= 0.3 is 5.97 Å². The van der Waals surface area contributed by atoms with E-state index in [9.17, 15) is 29.1 Å². The number of benzene rings is 4. The Hall–Kier alpha value is -5.81. The number of nitrogens with zero attached hydrogens (tertiary/aromatic N) is 1. The summed E-state index contributed by atoms with van der Waals surface area (Å²) in [4.78, 5) is 68.9. The molecule has 0 spiro atoms. The molecular formula is C41H45N5O6. The third kappa shape index (κ3) is 10.6. The lowest BCUT2D eigenvalue weighted by molar-refractivity contribution is -0.145. The van der Waals surface area contributed by atoms with Gasteiger partial charge in [-0.15, -0.1) is 0 Å². The zero-order valence-electron chi connectivity index (χ0n) is 28.9. The Kier molecular flexibility index (Phi) is 13.3. The van der Waals surface area contributed by atoms with Crippen LogP contribution in [0.15, 0.2) is 121 Å². The summed E-state index contributed by atoms with van der Waals surface area (Å²) in [5.41, 5.74) is 9.49. The Morgan fingerprint density at radius 3 is 1.50 bits per heavy atom. The smallest absolute Gasteiger partial charge is 0.326 e. The molecule has 1 aliphatic heterocycles. The van der Waals surface area contributed by atoms with E-state index in [1.807, 2.05) is 97.1 Å². The number of carboxylic acids is 1. The molecule has 4 aromatic rings. The van der Waals surface area contributed by atoms with Crippen molar-refractivity contribution in [2.24, 2.45) is 5.73 Å². The van der Waals surface area contributed by atoms with E-state index in [1.165, 1.54) is 4.90 Å². The van der Waals surface area contributed by atoms with Crippen LogP contribution in [-0.2, 0) is 49.7 Å². The topological polar surface area (TPSA) is 171 Å². The molecule has 0 unspecified atom stereocenters. The normalized spacial score (nSPS) is 16.2. The maximum atomic E-state index is 14.3. The fourth-order valence-corrected chi connectivity index (χ4v) is 6.44. The Morgan fingerprint density at radius 2 is 1.02 bits per heavy atom. The van der Waals surface area contributed by atoms with E-state index in [1.54, 1.807) is 24.3 Å². The molecule has 4 amide bonds. The number of carbonyl (C=O) groups is 5. The van der Waals surface area contributed by atoms with E-state index in [0.717, 1.165) is 22.3 Å². The van der Waals surface area contributed by atoms with Crippen LogP contribution < -0.4 is 21.7 Å². The molecule has 0 radical (unpaired) electrons. The highest BCUT2D eigenvalue weighted by Gasteiger charge is 2.39. The second-order valence-electron chi connectivity index (χ2n) is 13.1. The summed E-state index contributed by atoms with van der Waals surface area (Å²) in [6.45, 7) is 0.257. The van der Waals surface area contributed by atoms with Crippen molar-refractivity contribution in [3.8, 4) is 0 Å². The minimum atomic E-state index is -1.19. The lowest BCUT2D eigenvalue weighted by Gasteiger charge is -2.30. The molecule has 4 aromatic carbocycles. The highest BCUT2D eigenvalue weighted by Crippen LogP contribution is 2.21. The minimum absolute atomic E-state index is 0.0821. The van der Waals surface area contributed by atoms with Crippen molar-refractivity contribution in [2.45, 2.75) is 68.7 Å². The van der Waals surface area contributed by atoms with E-state index in [2.05, 4.69) is 16.0 Å². The number of carbonyl (C=O) groups excluding carboxylic acids is 4. The van der Waals surface area contributed by atoms with Crippen LogP contribution in [0.5, 0.6) is 0 Å². The monoisotopic (exact) mass is 703 g/mol. The van der Waals surface area contributed by atoms with Crippen molar-refractivity contribution < 1.29 is 29.1 Å². The number of aliphatic carboxylic acids is 1. The molecule has 52 heavy (non-hydrogen) atoms. The average molecular weight is 704 g/mol. The van der Waals surface area contributed by atoms with Crippen molar-refractivity contribution in [1.82, 2.24) is 20.9 Å². The molecule has 0 bridgehead atoms. The first kappa shape index (κ1) is 37.4. The van der Waals surface area contributed by atoms with Gasteiger partial charge in [0.15, 0.2) is 0 Å². The predicted octanol–water partition coefficient (Wildman–Crippen LogP) is 2.81. The molecule has 5 rings (SSSR count). The number of nitrogens with one attached hydrogen (secondary N) is 3. The number of likely N-dealkylation sites (tertiary alicyclic amines) is 1. The van der Waals surface area contributed by atoms with Crippen LogP contribution in [0, 0.1) is 0 Å². The van der Waals surface area contributed by atoms with Gasteiger partial charge in [-0.05, 0) is 41.5 Å². The second-order valence-corrected chi connectivity index (χ2v) is 13.1. The van der Waals surface area contributed by atoms with Crippen LogP contribution in [0.25, 0.3) is 0 Å². The lowest BCUT2D eigenvalue weighted by Crippen LogP contribution is -2.59. The largest absolute Gasteiger partial charge is 0.480 e. The van der Waals surface area contributed by atoms with E-state index in [0.29, 0.717) is 12.8 Å². The van der Waals surface area contributed by atoms with Gasteiger partial charge < -0.3 is 31.7 Å². The maximum absolute atomic E-state index is 14.3. The Bertz CT molecular complexity index is 1790. The zero-order chi connectivity index (χ0) is 36.9. The molecule has 1 saturated heterocycles. The standard InChI is InChI=1S/C41H45N5O6/c42-32(24-28-14-5-1-6-15-28)37(47)43-33(25-29-16-7-2-8-17-29)38(48)44-34(26-30-18-9-3-10-19-30)40(50)46-23-13-22-36(46)39(49)45-35(41(51)52)27-31-20-11-4-12-21-31/h1-12,14-21,32-36H,13,22-27,42H2,(H,43,47)(H,44,48)(H,45,49)(H,51,52)/t32-,33-,34-,35-,36-/m0/s1. The quantitative estimate of drug-likeness (QED) is 0.120. The number of nitrogens with two attached hydrogens (primary N) is 1. The van der Waals surface area contributed by atoms with Gasteiger partial charge in [-0.25, -0.2) is 4.79 Å². The van der Waals surface area contributed by atoms with Gasteiger partial charge in [-0.3, -0.25) is 19.2 Å². The summed E-state index contributed by atoms with van der Waals surface area (Å²) >= 11 is 0. The van der Waals surface area contributed by atoms with Gasteiger partial charge in [0, 0.05) is 25.8 Å². The summed E-state index contributed by atoms with van der Waals surface area (Å²) < 4.78 is 0. The lowest BCUT2D eigenvalue weighted by atomic mass is 10.0. The minimum Gasteiger partial charge on any atom is -0.480 e. The molecule has 1 aliphatic rings. The predicted molar refractivity (Wildman–Crippen MR) is 197 cm³/mol. The zero-order valence-corrected chi connectivity index (χ0v) is 28.9. The highest BCUT2D eigenvalue weighted by atomic mass is 16.4. The van der Waals surface area contributed by atoms with Gasteiger partial charge in [0.05, 0.1) is 6.04 Å². The number of carboxylic acid groups (broad SMARTS) is 1. The van der Waals surface area contributed by atoms with Crippen molar-refractivity contribution in [3.05, 3.63) is 144 Å². The number of hydrogen-bond donors (Lipinski definition) is 5. The summed E-state index contributed by atoms with van der Waals surface area (Å²) in [6, 6.07) is 31.5. The van der Waals surface area contributed by atoms with Crippen LogP contribution in [0.3, 0.4) is 0 Å². The third-order valence-electron chi connectivity index (χ3n) is 9.18. The van der Waals surface area contributed by atoms with E-state index < -0.39 is 59.8 Å². The summed E-state index contributed by atoms with van der Waals surface area (Å²) in [5.74, 6) is -3.31. The van der Waals surface area contributed by atoms with Gasteiger partial charge in [0.25, 0.3) is 0 Å². The Morgan fingerprint density at radius 1 is 0.596 bits per heavy atom. The molecule has 0 saturated carbocycles. The number of rotatable bonds is 16. The van der Waals surface area contributed by atoms with E-state index in [-0.39, 0.29) is 32.2 Å². The van der Waals surface area contributed by atoms with Gasteiger partial charge in [-0.2, -0.15) is 0 Å². The fraction of sp³-hybridized carbons (Fsp3) is 0.293. The Labute approximate surface area is 303 Å². The summed E-state index contributed by atoms with van der Waals surface area (Å²) in [5, 5.41) is 18.3. The van der Waals surface area contributed by atoms with Gasteiger partial charge in [0.1, 0.15) is 24.2 Å². The van der Waals surface area contributed by atoms with Crippen molar-refractivity contribution in [3.63, 3.8) is 0 Å². The summed E-state index contributed by atoms with van der Waals surface area (Å²) in [7, 11) is 0. The molecular weight excluding hydrogens is 658 g/mol. The van der Waals surface area contributed by atoms with Gasteiger partial charge in [0.2, 0.25) is 23.6 Å². The Balaban J connectivity index is 1.34. The van der Waals surface area contributed by atoms with E-state index in [4.69, 9.17) is 5.73 Å². The number of hydrogen-bond acceptors (Lipinski definition) is 6. The number of amides is 4. The molecule has 0 aromatic heterocycles. The SMILES string of the molecule is N[C@@H](Cc1ccccc1)C(=O)N[C@@H](Cc1ccccc1)C(=O)N[C@@H](Cc1ccccc1)C(=O)N1CCC[C@H]1C(=O)N[C@@H](Cc1ccccc1)C(=O)O. The maximum Gasteiger partial charge on any atom is 0.326 e. The molecule has 11 heteroatoms. The van der Waals surface area contributed by atoms with Gasteiger partial charge in [-0.1, -0.05) is 121 Å². The van der Waals surface area contributed by atoms with Crippen LogP contribution in [0.2, 0.25) is 0 Å². The third-order valence-corrected chi connectivity index (χ3v) is 9.18. The molecule has 1 fully saturated rings. The van der Waals surface area contributed by atoms with Crippen molar-refractivity contribution in [2.75, 3.05) is 6.54 Å². The van der Waals surface area contributed by atoms with Crippen molar-refractivity contribution in [1.29, 1.82) is 0 Å². The molecule has 1 heterocycles. The first-order chi connectivity index (χ1) is 25.2. The second kappa shape index (κ2) is 18.4. The molecule has 6 N–H and O–H groups in total. The average Bonchev–Trinajstić information content (AvgIpc) is 3.66. The first-order valence-electron chi connectivity index (χ1n) is 17.5. The van der Waals surface area contributed by atoms with Crippen LogP contribution in [-0.4, -0.2) is 76.4 Å². The van der Waals surface area contributed by atoms with E-state index >= 15 is 0 Å². The molecule has 5 atom stereocenters. The molecule has 11 nitrogen and oxygen atoms in total. The molecule has 270 valence electrons.